The summed E-state index contributed by atoms with van der Waals surface area (Å²) in [6, 6.07) is 9.42. The van der Waals surface area contributed by atoms with Crippen molar-refractivity contribution in [3.05, 3.63) is 51.8 Å². The van der Waals surface area contributed by atoms with Crippen LogP contribution >= 0.6 is 11.6 Å². The van der Waals surface area contributed by atoms with Crippen molar-refractivity contribution in [2.24, 2.45) is 0 Å². The molecule has 22 heavy (non-hydrogen) atoms. The molecule has 5 nitrogen and oxygen atoms in total. The standard InChI is InChI=1S/C16H17ClN2O3/c1-3-14(16(21)22-4-2)19-15(20)10-9-13(18-19)11-5-7-12(17)8-6-11/h5-10,14H,3-4H2,1-2H3/t14-/m0/s1. The van der Waals surface area contributed by atoms with Gasteiger partial charge in [0, 0.05) is 16.7 Å². The van der Waals surface area contributed by atoms with Crippen molar-refractivity contribution in [3.63, 3.8) is 0 Å². The minimum Gasteiger partial charge on any atom is -0.464 e. The molecule has 0 N–H and O–H groups in total. The van der Waals surface area contributed by atoms with Gasteiger partial charge in [-0.3, -0.25) is 4.79 Å². The Labute approximate surface area is 133 Å². The molecule has 0 bridgehead atoms. The second-order valence-electron chi connectivity index (χ2n) is 4.68. The highest BCUT2D eigenvalue weighted by molar-refractivity contribution is 6.30. The van der Waals surface area contributed by atoms with E-state index in [4.69, 9.17) is 16.3 Å². The van der Waals surface area contributed by atoms with Gasteiger partial charge in [-0.2, -0.15) is 5.10 Å². The number of rotatable bonds is 5. The highest BCUT2D eigenvalue weighted by Gasteiger charge is 2.22. The SMILES string of the molecule is CCOC(=O)[C@H](CC)n1nc(-c2ccc(Cl)cc2)ccc1=O. The van der Waals surface area contributed by atoms with Gasteiger partial charge in [0.05, 0.1) is 12.3 Å². The van der Waals surface area contributed by atoms with E-state index in [2.05, 4.69) is 5.10 Å². The first-order chi connectivity index (χ1) is 10.6. The third kappa shape index (κ3) is 3.54. The molecular formula is C16H17ClN2O3. The monoisotopic (exact) mass is 320 g/mol. The van der Waals surface area contributed by atoms with Gasteiger partial charge in [0.15, 0.2) is 6.04 Å². The van der Waals surface area contributed by atoms with Crippen LogP contribution in [-0.2, 0) is 9.53 Å². The van der Waals surface area contributed by atoms with Gasteiger partial charge in [0.25, 0.3) is 5.56 Å². The second kappa shape index (κ2) is 7.22. The first-order valence-electron chi connectivity index (χ1n) is 7.09. The molecule has 0 unspecified atom stereocenters. The van der Waals surface area contributed by atoms with Crippen LogP contribution < -0.4 is 5.56 Å². The molecule has 1 aromatic heterocycles. The van der Waals surface area contributed by atoms with Gasteiger partial charge in [-0.1, -0.05) is 30.7 Å². The molecule has 0 aliphatic heterocycles. The molecule has 0 saturated heterocycles. The molecule has 2 rings (SSSR count). The lowest BCUT2D eigenvalue weighted by molar-refractivity contribution is -0.147. The molecule has 0 aliphatic rings. The molecule has 0 spiro atoms. The van der Waals surface area contributed by atoms with Crippen LogP contribution in [0.4, 0.5) is 0 Å². The molecule has 1 aromatic carbocycles. The van der Waals surface area contributed by atoms with E-state index < -0.39 is 12.0 Å². The van der Waals surface area contributed by atoms with Crippen LogP contribution in [0.3, 0.4) is 0 Å². The summed E-state index contributed by atoms with van der Waals surface area (Å²) in [6.07, 6.45) is 0.426. The molecule has 1 atom stereocenters. The summed E-state index contributed by atoms with van der Waals surface area (Å²) in [5, 5.41) is 4.93. The maximum atomic E-state index is 12.0. The molecule has 0 aliphatic carbocycles. The lowest BCUT2D eigenvalue weighted by Crippen LogP contribution is -2.32. The Balaban J connectivity index is 2.43. The minimum absolute atomic E-state index is 0.265. The number of nitrogens with zero attached hydrogens (tertiary/aromatic N) is 2. The lowest BCUT2D eigenvalue weighted by Gasteiger charge is -2.16. The number of ether oxygens (including phenoxy) is 1. The number of aromatic nitrogens is 2. The quantitative estimate of drug-likeness (QED) is 0.794. The molecule has 0 radical (unpaired) electrons. The predicted octanol–water partition coefficient (Wildman–Crippen LogP) is 3.08. The van der Waals surface area contributed by atoms with Crippen LogP contribution in [0.5, 0.6) is 0 Å². The molecule has 116 valence electrons. The summed E-state index contributed by atoms with van der Waals surface area (Å²) in [5.41, 5.74) is 1.08. The zero-order valence-corrected chi connectivity index (χ0v) is 13.2. The zero-order chi connectivity index (χ0) is 16.1. The molecular weight excluding hydrogens is 304 g/mol. The van der Waals surface area contributed by atoms with E-state index in [-0.39, 0.29) is 12.2 Å². The van der Waals surface area contributed by atoms with Crippen LogP contribution in [0.1, 0.15) is 26.3 Å². The van der Waals surface area contributed by atoms with Crippen LogP contribution in [-0.4, -0.2) is 22.4 Å². The molecule has 1 heterocycles. The van der Waals surface area contributed by atoms with Gasteiger partial charge in [-0.25, -0.2) is 9.48 Å². The summed E-state index contributed by atoms with van der Waals surface area (Å²) in [7, 11) is 0. The van der Waals surface area contributed by atoms with Crippen LogP contribution in [0.25, 0.3) is 11.3 Å². The van der Waals surface area contributed by atoms with Crippen molar-refractivity contribution in [3.8, 4) is 11.3 Å². The number of carbonyl (C=O) groups excluding carboxylic acids is 1. The zero-order valence-electron chi connectivity index (χ0n) is 12.5. The fourth-order valence-electron chi connectivity index (χ4n) is 2.10. The second-order valence-corrected chi connectivity index (χ2v) is 5.12. The first-order valence-corrected chi connectivity index (χ1v) is 7.47. The minimum atomic E-state index is -0.722. The van der Waals surface area contributed by atoms with Crippen LogP contribution in [0, 0.1) is 0 Å². The predicted molar refractivity (Wildman–Crippen MR) is 84.9 cm³/mol. The van der Waals surface area contributed by atoms with E-state index in [1.54, 1.807) is 25.1 Å². The van der Waals surface area contributed by atoms with Gasteiger partial charge in [-0.15, -0.1) is 0 Å². The number of carbonyl (C=O) groups is 1. The number of benzene rings is 1. The van der Waals surface area contributed by atoms with Gasteiger partial charge < -0.3 is 4.74 Å². The summed E-state index contributed by atoms with van der Waals surface area (Å²) in [4.78, 5) is 24.0. The van der Waals surface area contributed by atoms with E-state index in [1.807, 2.05) is 19.1 Å². The third-order valence-corrected chi connectivity index (χ3v) is 3.46. The van der Waals surface area contributed by atoms with Crippen molar-refractivity contribution in [1.82, 2.24) is 9.78 Å². The van der Waals surface area contributed by atoms with E-state index in [0.29, 0.717) is 17.1 Å². The maximum Gasteiger partial charge on any atom is 0.331 e. The van der Waals surface area contributed by atoms with Crippen molar-refractivity contribution >= 4 is 17.6 Å². The van der Waals surface area contributed by atoms with E-state index in [1.165, 1.54) is 10.7 Å². The van der Waals surface area contributed by atoms with E-state index >= 15 is 0 Å². The number of hydrogen-bond donors (Lipinski definition) is 0. The Morgan fingerprint density at radius 2 is 1.91 bits per heavy atom. The molecule has 0 saturated carbocycles. The molecule has 0 amide bonds. The fraction of sp³-hybridized carbons (Fsp3) is 0.312. The summed E-state index contributed by atoms with van der Waals surface area (Å²) >= 11 is 5.87. The first kappa shape index (κ1) is 16.2. The van der Waals surface area contributed by atoms with Crippen molar-refractivity contribution < 1.29 is 9.53 Å². The smallest absolute Gasteiger partial charge is 0.331 e. The lowest BCUT2D eigenvalue weighted by atomic mass is 10.1. The Morgan fingerprint density at radius 3 is 2.50 bits per heavy atom. The van der Waals surface area contributed by atoms with Crippen molar-refractivity contribution in [2.75, 3.05) is 6.61 Å². The van der Waals surface area contributed by atoms with Crippen LogP contribution in [0.2, 0.25) is 5.02 Å². The summed E-state index contributed by atoms with van der Waals surface area (Å²) in [6.45, 7) is 3.80. The summed E-state index contributed by atoms with van der Waals surface area (Å²) in [5.74, 6) is -0.451. The fourth-order valence-corrected chi connectivity index (χ4v) is 2.23. The van der Waals surface area contributed by atoms with Gasteiger partial charge in [0.1, 0.15) is 0 Å². The average Bonchev–Trinajstić information content (AvgIpc) is 2.51. The number of hydrogen-bond acceptors (Lipinski definition) is 4. The molecule has 0 fully saturated rings. The number of esters is 1. The summed E-state index contributed by atoms with van der Waals surface area (Å²) < 4.78 is 6.19. The van der Waals surface area contributed by atoms with Gasteiger partial charge in [-0.05, 0) is 31.5 Å². The highest BCUT2D eigenvalue weighted by atomic mass is 35.5. The Kier molecular flexibility index (Phi) is 5.33. The number of halogens is 1. The topological polar surface area (TPSA) is 61.2 Å². The Bertz CT molecular complexity index is 710. The normalized spacial score (nSPS) is 12.0. The van der Waals surface area contributed by atoms with Gasteiger partial charge in [0.2, 0.25) is 0 Å². The van der Waals surface area contributed by atoms with Crippen molar-refractivity contribution in [2.45, 2.75) is 26.3 Å². The van der Waals surface area contributed by atoms with Crippen LogP contribution in [0.15, 0.2) is 41.2 Å². The molecule has 2 aromatic rings. The van der Waals surface area contributed by atoms with Gasteiger partial charge >= 0.3 is 5.97 Å². The third-order valence-electron chi connectivity index (χ3n) is 3.21. The Morgan fingerprint density at radius 1 is 1.23 bits per heavy atom. The molecule has 6 heteroatoms. The maximum absolute atomic E-state index is 12.0. The Hall–Kier alpha value is -2.14. The average molecular weight is 321 g/mol. The highest BCUT2D eigenvalue weighted by Crippen LogP contribution is 2.19. The van der Waals surface area contributed by atoms with Crippen molar-refractivity contribution in [1.29, 1.82) is 0 Å². The largest absolute Gasteiger partial charge is 0.464 e. The van der Waals surface area contributed by atoms with E-state index in [0.717, 1.165) is 5.56 Å². The van der Waals surface area contributed by atoms with E-state index in [9.17, 15) is 9.59 Å².